The Morgan fingerprint density at radius 1 is 0.662 bits per heavy atom. The first-order chi connectivity index (χ1) is 34.7. The number of piperazine rings is 3. The predicted molar refractivity (Wildman–Crippen MR) is 294 cm³/mol. The number of hydrogen-bond acceptors (Lipinski definition) is 16. The molecule has 2 aromatic carbocycles. The Morgan fingerprint density at radius 3 is 1.42 bits per heavy atom. The van der Waals surface area contributed by atoms with E-state index in [4.69, 9.17) is 49.9 Å². The Kier molecular flexibility index (Phi) is 29.4. The molecule has 412 valence electrons. The van der Waals surface area contributed by atoms with Crippen LogP contribution in [0.1, 0.15) is 71.9 Å². The normalized spacial score (nSPS) is 17.1. The summed E-state index contributed by atoms with van der Waals surface area (Å²) in [6.07, 6.45) is 8.64. The zero-order valence-electron chi connectivity index (χ0n) is 44.2. The summed E-state index contributed by atoms with van der Waals surface area (Å²) < 4.78 is 59.1. The fourth-order valence-corrected chi connectivity index (χ4v) is 9.21. The maximum atomic E-state index is 12.3. The monoisotopic (exact) mass is 1110 g/mol. The smallest absolute Gasteiger partial charge is 0.351 e. The molecular weight excluding hydrogens is 1040 g/mol. The lowest BCUT2D eigenvalue weighted by Gasteiger charge is -2.38. The number of allylic oxidation sites excluding steroid dienone is 3. The molecule has 5 heterocycles. The number of nitrogens with zero attached hydrogens (tertiary/aromatic N) is 1. The first kappa shape index (κ1) is 65.8. The summed E-state index contributed by atoms with van der Waals surface area (Å²) in [6.45, 7) is 23.4. The number of halogens is 1. The van der Waals surface area contributed by atoms with Gasteiger partial charge in [0, 0.05) is 62.2 Å². The van der Waals surface area contributed by atoms with E-state index in [1.54, 1.807) is 63.6 Å². The van der Waals surface area contributed by atoms with Crippen molar-refractivity contribution >= 4 is 67.4 Å². The van der Waals surface area contributed by atoms with Crippen LogP contribution in [-0.2, 0) is 27.7 Å². The highest BCUT2D eigenvalue weighted by Crippen LogP contribution is 2.43. The molecule has 74 heavy (non-hydrogen) atoms. The highest BCUT2D eigenvalue weighted by atomic mass is 35.5. The maximum Gasteiger partial charge on any atom is 0.351 e. The van der Waals surface area contributed by atoms with Crippen molar-refractivity contribution in [3.8, 4) is 0 Å². The molecule has 4 aromatic rings. The summed E-state index contributed by atoms with van der Waals surface area (Å²) in [6, 6.07) is 13.2. The lowest BCUT2D eigenvalue weighted by molar-refractivity contribution is -0.914. The van der Waals surface area contributed by atoms with Crippen molar-refractivity contribution in [3.05, 3.63) is 127 Å². The topological polar surface area (TPSA) is 262 Å². The maximum absolute atomic E-state index is 12.3. The minimum Gasteiger partial charge on any atom is -0.446 e. The number of aliphatic hydroxyl groups is 3. The van der Waals surface area contributed by atoms with E-state index in [0.717, 1.165) is 40.4 Å². The molecule has 7 rings (SSSR count). The molecule has 0 radical (unpaired) electrons. The summed E-state index contributed by atoms with van der Waals surface area (Å²) in [5.41, 5.74) is 3.38. The Balaban J connectivity index is 0.000000341. The number of aryl methyl sites for hydroxylation is 2. The van der Waals surface area contributed by atoms with E-state index in [2.05, 4.69) is 9.64 Å². The van der Waals surface area contributed by atoms with Gasteiger partial charge in [0.25, 0.3) is 0 Å². The van der Waals surface area contributed by atoms with Gasteiger partial charge in [-0.3, -0.25) is 18.6 Å². The van der Waals surface area contributed by atoms with Gasteiger partial charge in [0.15, 0.2) is 20.2 Å². The number of nitrogens with one attached hydrogen (secondary N) is 1. The van der Waals surface area contributed by atoms with E-state index < -0.39 is 51.9 Å². The van der Waals surface area contributed by atoms with Crippen molar-refractivity contribution in [2.24, 2.45) is 0 Å². The molecule has 22 heteroatoms. The average molecular weight is 1110 g/mol. The number of alkyl halides is 1. The zero-order chi connectivity index (χ0) is 55.6. The van der Waals surface area contributed by atoms with E-state index in [1.165, 1.54) is 64.7 Å². The highest BCUT2D eigenvalue weighted by Gasteiger charge is 2.25. The molecule has 3 saturated heterocycles. The molecule has 0 amide bonds. The fourth-order valence-electron chi connectivity index (χ4n) is 6.75. The number of quaternary nitrogens is 1. The third-order valence-corrected chi connectivity index (χ3v) is 15.5. The van der Waals surface area contributed by atoms with Gasteiger partial charge >= 0.3 is 23.2 Å². The lowest BCUT2D eigenvalue weighted by Crippen LogP contribution is -3.17. The van der Waals surface area contributed by atoms with Crippen molar-refractivity contribution < 1.29 is 71.2 Å². The molecular formula is C52H77ClN2O16P3+. The van der Waals surface area contributed by atoms with Crippen LogP contribution < -0.4 is 16.2 Å². The van der Waals surface area contributed by atoms with Gasteiger partial charge in [-0.05, 0) is 103 Å². The van der Waals surface area contributed by atoms with Crippen LogP contribution in [0.15, 0.2) is 102 Å². The second-order valence-corrected chi connectivity index (χ2v) is 27.9. The van der Waals surface area contributed by atoms with Gasteiger partial charge in [-0.15, -0.1) is 0 Å². The number of rotatable bonds is 18. The van der Waals surface area contributed by atoms with E-state index in [9.17, 15) is 32.9 Å². The van der Waals surface area contributed by atoms with Crippen molar-refractivity contribution in [2.45, 2.75) is 53.9 Å². The predicted octanol–water partition coefficient (Wildman–Crippen LogP) is 7.28. The number of fused-ring (bicyclic) bond motifs is 5. The van der Waals surface area contributed by atoms with Crippen molar-refractivity contribution in [1.82, 2.24) is 4.90 Å². The lowest BCUT2D eigenvalue weighted by atomic mass is 10.1. The van der Waals surface area contributed by atoms with Crippen LogP contribution in [0.4, 0.5) is 0 Å². The minimum atomic E-state index is -2.97. The Labute approximate surface area is 439 Å². The number of carbonyl (C=O) groups excluding carboxylic acids is 2. The number of esters is 2. The summed E-state index contributed by atoms with van der Waals surface area (Å²) in [5, 5.41) is 27.4. The molecule has 0 spiro atoms. The molecule has 2 atom stereocenters. The third kappa shape index (κ3) is 27.0. The molecule has 2 aromatic heterocycles. The highest BCUT2D eigenvalue weighted by molar-refractivity contribution is 7.62. The van der Waals surface area contributed by atoms with Gasteiger partial charge in [-0.1, -0.05) is 70.8 Å². The molecule has 0 saturated carbocycles. The number of ether oxygens (including phenoxy) is 2. The quantitative estimate of drug-likeness (QED) is 0.0164. The van der Waals surface area contributed by atoms with Crippen LogP contribution in [-0.4, -0.2) is 154 Å². The van der Waals surface area contributed by atoms with Crippen molar-refractivity contribution in [3.63, 3.8) is 0 Å². The number of carbonyl (C=O) groups is 2. The van der Waals surface area contributed by atoms with E-state index in [0.29, 0.717) is 40.9 Å². The van der Waals surface area contributed by atoms with E-state index in [-0.39, 0.29) is 43.2 Å². The molecule has 3 aliphatic rings. The first-order valence-corrected chi connectivity index (χ1v) is 32.0. The number of benzene rings is 2. The number of aliphatic hydroxyl groups excluding tert-OH is 3. The molecule has 3 fully saturated rings. The van der Waals surface area contributed by atoms with Gasteiger partial charge in [0.2, 0.25) is 7.37 Å². The van der Waals surface area contributed by atoms with Crippen molar-refractivity contribution in [2.75, 3.05) is 117 Å². The van der Waals surface area contributed by atoms with Crippen LogP contribution in [0.2, 0.25) is 0 Å². The SMILES string of the molecule is C/C(=C\CCP(C)(=O)O)CO.C/C(=C\CCP(C)(=O)OCOC(=O)c1cc2ccc(C)cc2oc1=O)CO.C/C(=C\CCP(C)(C)=O)CO.C1C[NH+]2CCN1CC2.Cc1ccc2cc(C(=O)OCCl)c(=O)oc2c1. The van der Waals surface area contributed by atoms with Crippen LogP contribution in [0.3, 0.4) is 0 Å². The standard InChI is InChI=1S/C19H23O7P.C12H9ClO4.C8H17O2P.C7H15O3P.C6H12N2/c1-13-6-7-15-10-16(19(22)26-17(15)9-13)18(21)24-12-25-27(3,23)8-4-5-14(2)11-20;1-7-2-3-8-5-9(11(14)16-6-13)12(15)17-10(8)4-7;1-8(7-9)5-4-6-11(2,3)10;1-7(6-8)4-3-5-11(2,9)10;1-2-8-5-3-7(1)4-6-8/h5-7,9-10,20H,4,8,11-12H2,1-3H3;2-5H,6H2,1H3;5,9H,4,6-7H2,1-3H3;4,8H,3,5-6H2,1-2H3,(H,9,10);1-6H2/p+1/b14-5+;;8-5+;7-4+;. The fraction of sp³-hybridized carbons (Fsp3) is 0.500. The minimum absolute atomic E-state index is 0.0272. The van der Waals surface area contributed by atoms with E-state index >= 15 is 0 Å². The summed E-state index contributed by atoms with van der Waals surface area (Å²) in [4.78, 5) is 60.3. The van der Waals surface area contributed by atoms with Crippen LogP contribution in [0, 0.1) is 13.8 Å². The third-order valence-electron chi connectivity index (χ3n) is 11.2. The van der Waals surface area contributed by atoms with Gasteiger partial charge in [0.1, 0.15) is 22.3 Å². The van der Waals surface area contributed by atoms with Crippen LogP contribution in [0.25, 0.3) is 21.9 Å². The second kappa shape index (κ2) is 33.0. The Morgan fingerprint density at radius 2 is 1.07 bits per heavy atom. The van der Waals surface area contributed by atoms with Crippen molar-refractivity contribution in [1.29, 1.82) is 0 Å². The molecule has 18 nitrogen and oxygen atoms in total. The molecule has 5 N–H and O–H groups in total. The zero-order valence-corrected chi connectivity index (χ0v) is 47.7. The first-order valence-electron chi connectivity index (χ1n) is 24.1. The van der Waals surface area contributed by atoms with Gasteiger partial charge in [0.05, 0.1) is 46.6 Å². The van der Waals surface area contributed by atoms with E-state index in [1.807, 2.05) is 43.9 Å². The summed E-state index contributed by atoms with van der Waals surface area (Å²) >= 11 is 5.26. The molecule has 0 aliphatic carbocycles. The second-order valence-electron chi connectivity index (χ2n) is 18.8. The Bertz CT molecular complexity index is 2740. The summed E-state index contributed by atoms with van der Waals surface area (Å²) in [7, 11) is -7.69. The average Bonchev–Trinajstić information content (AvgIpc) is 3.33. The van der Waals surface area contributed by atoms with Gasteiger partial charge in [-0.2, -0.15) is 0 Å². The van der Waals surface area contributed by atoms with Gasteiger partial charge in [-0.25, -0.2) is 19.2 Å². The molecule has 2 bridgehead atoms. The largest absolute Gasteiger partial charge is 0.446 e. The molecule has 3 aliphatic heterocycles. The van der Waals surface area contributed by atoms with Gasteiger partial charge < -0.3 is 48.0 Å². The van der Waals surface area contributed by atoms with Crippen LogP contribution in [0.5, 0.6) is 0 Å². The summed E-state index contributed by atoms with van der Waals surface area (Å²) in [5.74, 6) is -1.68. The number of hydrogen-bond donors (Lipinski definition) is 5. The molecule has 2 unspecified atom stereocenters. The Hall–Kier alpha value is -4.28. The van der Waals surface area contributed by atoms with Crippen LogP contribution >= 0.6 is 33.5 Å².